The van der Waals surface area contributed by atoms with Crippen molar-refractivity contribution in [3.63, 3.8) is 0 Å². The third-order valence-corrected chi connectivity index (χ3v) is 6.94. The van der Waals surface area contributed by atoms with Gasteiger partial charge in [0, 0.05) is 11.4 Å². The van der Waals surface area contributed by atoms with Gasteiger partial charge in [-0.2, -0.15) is 0 Å². The van der Waals surface area contributed by atoms with Crippen LogP contribution in [0.1, 0.15) is 0 Å². The van der Waals surface area contributed by atoms with Crippen LogP contribution in [0.4, 0.5) is 21.9 Å². The number of hydrogen-bond donors (Lipinski definition) is 3. The van der Waals surface area contributed by atoms with E-state index < -0.39 is 6.03 Å². The van der Waals surface area contributed by atoms with Gasteiger partial charge in [-0.3, -0.25) is 4.79 Å². The Morgan fingerprint density at radius 3 is 2.52 bits per heavy atom. The number of thioether (sulfide) groups is 1. The lowest BCUT2D eigenvalue weighted by atomic mass is 10.3. The van der Waals surface area contributed by atoms with Gasteiger partial charge in [-0.05, 0) is 54.6 Å². The maximum absolute atomic E-state index is 12.3. The molecule has 10 heteroatoms. The summed E-state index contributed by atoms with van der Waals surface area (Å²) in [7, 11) is 1.59. The average Bonchev–Trinajstić information content (AvgIpc) is 3.22. The molecule has 1 aromatic heterocycles. The molecule has 3 N–H and O–H groups in total. The van der Waals surface area contributed by atoms with Crippen LogP contribution in [0.3, 0.4) is 0 Å². The number of anilines is 3. The number of hydrogen-bond acceptors (Lipinski definition) is 6. The number of ether oxygens (including phenoxy) is 1. The van der Waals surface area contributed by atoms with E-state index in [9.17, 15) is 9.59 Å². The number of fused-ring (bicyclic) bond motifs is 1. The Bertz CT molecular complexity index is 1290. The average molecular weight is 499 g/mol. The summed E-state index contributed by atoms with van der Waals surface area (Å²) in [5, 5.41) is 8.83. The number of benzene rings is 3. The lowest BCUT2D eigenvalue weighted by Crippen LogP contribution is -2.19. The van der Waals surface area contributed by atoms with E-state index in [1.165, 1.54) is 23.1 Å². The molecule has 0 aliphatic heterocycles. The van der Waals surface area contributed by atoms with E-state index in [0.717, 1.165) is 20.3 Å². The lowest BCUT2D eigenvalue weighted by Gasteiger charge is -2.08. The molecule has 0 radical (unpaired) electrons. The number of urea groups is 1. The van der Waals surface area contributed by atoms with Crippen LogP contribution in [-0.2, 0) is 4.79 Å². The highest BCUT2D eigenvalue weighted by Gasteiger charge is 2.11. The van der Waals surface area contributed by atoms with Gasteiger partial charge in [0.05, 0.1) is 33.8 Å². The van der Waals surface area contributed by atoms with Gasteiger partial charge in [-0.25, -0.2) is 9.78 Å². The number of amides is 3. The van der Waals surface area contributed by atoms with Gasteiger partial charge < -0.3 is 20.7 Å². The molecular formula is C23H19ClN4O3S2. The molecule has 0 saturated carbocycles. The monoisotopic (exact) mass is 498 g/mol. The van der Waals surface area contributed by atoms with Gasteiger partial charge in [-0.15, -0.1) is 11.3 Å². The summed E-state index contributed by atoms with van der Waals surface area (Å²) < 4.78 is 6.79. The molecule has 0 unspecified atom stereocenters. The molecule has 3 aromatic carbocycles. The molecule has 1 heterocycles. The van der Waals surface area contributed by atoms with E-state index in [2.05, 4.69) is 20.9 Å². The fourth-order valence-electron chi connectivity index (χ4n) is 2.89. The minimum Gasteiger partial charge on any atom is -0.497 e. The van der Waals surface area contributed by atoms with Crippen molar-refractivity contribution >= 4 is 73.9 Å². The van der Waals surface area contributed by atoms with E-state index in [1.807, 2.05) is 12.1 Å². The van der Waals surface area contributed by atoms with Crippen molar-refractivity contribution in [2.45, 2.75) is 4.34 Å². The minimum absolute atomic E-state index is 0.122. The highest BCUT2D eigenvalue weighted by atomic mass is 35.5. The van der Waals surface area contributed by atoms with E-state index in [4.69, 9.17) is 16.3 Å². The van der Waals surface area contributed by atoms with Gasteiger partial charge in [0.25, 0.3) is 0 Å². The van der Waals surface area contributed by atoms with Gasteiger partial charge in [0.1, 0.15) is 5.75 Å². The first-order valence-electron chi connectivity index (χ1n) is 9.80. The first-order valence-corrected chi connectivity index (χ1v) is 12.0. The quantitative estimate of drug-likeness (QED) is 0.259. The summed E-state index contributed by atoms with van der Waals surface area (Å²) in [4.78, 5) is 29.1. The molecule has 0 aliphatic carbocycles. The van der Waals surface area contributed by atoms with Crippen LogP contribution < -0.4 is 20.7 Å². The number of methoxy groups -OCH3 is 1. The fraction of sp³-hybridized carbons (Fsp3) is 0.0870. The molecule has 7 nitrogen and oxygen atoms in total. The molecule has 4 aromatic rings. The Morgan fingerprint density at radius 2 is 1.76 bits per heavy atom. The first-order chi connectivity index (χ1) is 16.0. The van der Waals surface area contributed by atoms with Crippen molar-refractivity contribution in [2.75, 3.05) is 28.8 Å². The number of aromatic nitrogens is 1. The highest BCUT2D eigenvalue weighted by molar-refractivity contribution is 8.01. The number of nitrogens with zero attached hydrogens (tertiary/aromatic N) is 1. The number of carbonyl (C=O) groups is 2. The van der Waals surface area contributed by atoms with Crippen molar-refractivity contribution in [3.8, 4) is 5.75 Å². The van der Waals surface area contributed by atoms with Crippen LogP contribution in [0.2, 0.25) is 5.02 Å². The normalized spacial score (nSPS) is 10.6. The third kappa shape index (κ3) is 6.16. The van der Waals surface area contributed by atoms with Crippen LogP contribution in [-0.4, -0.2) is 29.8 Å². The molecule has 3 amide bonds. The standard InChI is InChI=1S/C23H19ClN4O3S2/c1-31-16-9-6-14(7-10-16)25-21(29)13-32-23-28-19-11-8-15(12-20(19)33-23)26-22(30)27-18-5-3-2-4-17(18)24/h2-12H,13H2,1H3,(H,25,29)(H2,26,27,30). The Balaban J connectivity index is 1.33. The SMILES string of the molecule is COc1ccc(NC(=O)CSc2nc3ccc(NC(=O)Nc4ccccc4Cl)cc3s2)cc1. The largest absolute Gasteiger partial charge is 0.497 e. The molecule has 0 bridgehead atoms. The molecule has 168 valence electrons. The van der Waals surface area contributed by atoms with Crippen LogP contribution in [0.15, 0.2) is 71.1 Å². The second-order valence-corrected chi connectivity index (χ2v) is 9.45. The number of thiazole rings is 1. The van der Waals surface area contributed by atoms with Crippen molar-refractivity contribution in [1.29, 1.82) is 0 Å². The molecule has 0 saturated heterocycles. The van der Waals surface area contributed by atoms with Crippen LogP contribution >= 0.6 is 34.7 Å². The Morgan fingerprint density at radius 1 is 1.00 bits per heavy atom. The summed E-state index contributed by atoms with van der Waals surface area (Å²) in [6.45, 7) is 0. The van der Waals surface area contributed by atoms with Crippen molar-refractivity contribution < 1.29 is 14.3 Å². The second kappa shape index (κ2) is 10.6. The summed E-state index contributed by atoms with van der Waals surface area (Å²) in [5.74, 6) is 0.840. The Kier molecular flexibility index (Phi) is 7.33. The molecule has 4 rings (SSSR count). The summed E-state index contributed by atoms with van der Waals surface area (Å²) >= 11 is 8.90. The van der Waals surface area contributed by atoms with E-state index in [1.54, 1.807) is 61.7 Å². The van der Waals surface area contributed by atoms with Gasteiger partial charge in [-0.1, -0.05) is 35.5 Å². The number of nitrogens with one attached hydrogen (secondary N) is 3. The van der Waals surface area contributed by atoms with Crippen LogP contribution in [0.25, 0.3) is 10.2 Å². The van der Waals surface area contributed by atoms with Gasteiger partial charge >= 0.3 is 6.03 Å². The summed E-state index contributed by atoms with van der Waals surface area (Å²) in [6.07, 6.45) is 0. The second-order valence-electron chi connectivity index (χ2n) is 6.79. The predicted molar refractivity (Wildman–Crippen MR) is 136 cm³/mol. The molecular weight excluding hydrogens is 480 g/mol. The van der Waals surface area contributed by atoms with E-state index >= 15 is 0 Å². The molecule has 0 spiro atoms. The number of para-hydroxylation sites is 1. The number of carbonyl (C=O) groups excluding carboxylic acids is 2. The third-order valence-electron chi connectivity index (χ3n) is 4.45. The molecule has 33 heavy (non-hydrogen) atoms. The minimum atomic E-state index is -0.392. The molecule has 0 atom stereocenters. The van der Waals surface area contributed by atoms with Crippen LogP contribution in [0.5, 0.6) is 5.75 Å². The Labute approximate surface area is 203 Å². The highest BCUT2D eigenvalue weighted by Crippen LogP contribution is 2.31. The fourth-order valence-corrected chi connectivity index (χ4v) is 4.98. The topological polar surface area (TPSA) is 92.3 Å². The maximum Gasteiger partial charge on any atom is 0.323 e. The maximum atomic E-state index is 12.3. The first kappa shape index (κ1) is 22.9. The lowest BCUT2D eigenvalue weighted by molar-refractivity contribution is -0.113. The zero-order valence-corrected chi connectivity index (χ0v) is 19.8. The zero-order valence-electron chi connectivity index (χ0n) is 17.4. The Hall–Kier alpha value is -3.27. The van der Waals surface area contributed by atoms with Gasteiger partial charge in [0.2, 0.25) is 5.91 Å². The predicted octanol–water partition coefficient (Wildman–Crippen LogP) is 6.33. The molecule has 0 fully saturated rings. The summed E-state index contributed by atoms with van der Waals surface area (Å²) in [6, 6.07) is 19.2. The number of rotatable bonds is 7. The van der Waals surface area contributed by atoms with Crippen molar-refractivity contribution in [2.24, 2.45) is 0 Å². The van der Waals surface area contributed by atoms with Crippen molar-refractivity contribution in [1.82, 2.24) is 4.98 Å². The van der Waals surface area contributed by atoms with Crippen LogP contribution in [0, 0.1) is 0 Å². The summed E-state index contributed by atoms with van der Waals surface area (Å²) in [5.41, 5.74) is 2.67. The smallest absolute Gasteiger partial charge is 0.323 e. The van der Waals surface area contributed by atoms with E-state index in [0.29, 0.717) is 22.1 Å². The number of halogens is 1. The molecule has 0 aliphatic rings. The van der Waals surface area contributed by atoms with E-state index in [-0.39, 0.29) is 11.7 Å². The van der Waals surface area contributed by atoms with Crippen molar-refractivity contribution in [3.05, 3.63) is 71.8 Å². The zero-order chi connectivity index (χ0) is 23.2. The van der Waals surface area contributed by atoms with Gasteiger partial charge in [0.15, 0.2) is 4.34 Å².